The van der Waals surface area contributed by atoms with Gasteiger partial charge >= 0.3 is 5.97 Å². The minimum Gasteiger partial charge on any atom is -0.479 e. The normalized spacial score (nSPS) is 22.2. The number of carboxylic acids is 1. The van der Waals surface area contributed by atoms with Crippen LogP contribution in [0, 0.1) is 5.82 Å². The van der Waals surface area contributed by atoms with E-state index in [2.05, 4.69) is 5.32 Å². The minimum atomic E-state index is -1.25. The van der Waals surface area contributed by atoms with Gasteiger partial charge in [0.25, 0.3) is 5.91 Å². The molecule has 1 atom stereocenters. The Morgan fingerprint density at radius 3 is 2.74 bits per heavy atom. The van der Waals surface area contributed by atoms with Crippen molar-refractivity contribution >= 4 is 35.2 Å². The molecule has 1 aliphatic rings. The van der Waals surface area contributed by atoms with E-state index in [-0.39, 0.29) is 10.6 Å². The highest BCUT2D eigenvalue weighted by atomic mass is 35.5. The first kappa shape index (κ1) is 14.1. The van der Waals surface area contributed by atoms with Gasteiger partial charge in [0, 0.05) is 11.3 Å². The number of carbonyl (C=O) groups excluding carboxylic acids is 1. The first-order valence-corrected chi connectivity index (χ1v) is 7.06. The predicted molar refractivity (Wildman–Crippen MR) is 71.2 cm³/mol. The summed E-state index contributed by atoms with van der Waals surface area (Å²) in [7, 11) is 0. The van der Waals surface area contributed by atoms with Gasteiger partial charge in [0.2, 0.25) is 0 Å². The van der Waals surface area contributed by atoms with Gasteiger partial charge in [0.1, 0.15) is 11.4 Å². The maximum atomic E-state index is 13.0. The summed E-state index contributed by atoms with van der Waals surface area (Å²) in [4.78, 5) is 23.3. The van der Waals surface area contributed by atoms with Gasteiger partial charge in [-0.25, -0.2) is 9.18 Å². The zero-order valence-electron chi connectivity index (χ0n) is 9.78. The molecule has 1 saturated heterocycles. The molecule has 0 saturated carbocycles. The summed E-state index contributed by atoms with van der Waals surface area (Å²) in [5.74, 6) is -1.24. The van der Waals surface area contributed by atoms with Gasteiger partial charge in [-0.3, -0.25) is 4.79 Å². The highest BCUT2D eigenvalue weighted by molar-refractivity contribution is 7.99. The number of halogens is 2. The average molecular weight is 304 g/mol. The van der Waals surface area contributed by atoms with Crippen LogP contribution in [0.25, 0.3) is 0 Å². The molecule has 0 bridgehead atoms. The Kier molecular flexibility index (Phi) is 4.01. The molecule has 1 unspecified atom stereocenters. The van der Waals surface area contributed by atoms with Crippen molar-refractivity contribution in [2.75, 3.05) is 11.5 Å². The fraction of sp³-hybridized carbons (Fsp3) is 0.333. The summed E-state index contributed by atoms with van der Waals surface area (Å²) in [5, 5.41) is 11.6. The maximum Gasteiger partial charge on any atom is 0.330 e. The van der Waals surface area contributed by atoms with Crippen molar-refractivity contribution in [2.24, 2.45) is 0 Å². The van der Waals surface area contributed by atoms with Gasteiger partial charge in [-0.2, -0.15) is 11.8 Å². The van der Waals surface area contributed by atoms with Crippen LogP contribution in [0.1, 0.15) is 16.8 Å². The van der Waals surface area contributed by atoms with E-state index in [1.165, 1.54) is 23.9 Å². The maximum absolute atomic E-state index is 13.0. The molecule has 0 aromatic heterocycles. The lowest BCUT2D eigenvalue weighted by Crippen LogP contribution is -2.54. The number of aliphatic carboxylic acids is 1. The first-order valence-electron chi connectivity index (χ1n) is 5.53. The average Bonchev–Trinajstić information content (AvgIpc) is 2.82. The number of amides is 1. The van der Waals surface area contributed by atoms with Crippen LogP contribution in [0.2, 0.25) is 5.02 Å². The molecule has 1 amide bonds. The number of carboxylic acid groups (broad SMARTS) is 1. The third-order valence-electron chi connectivity index (χ3n) is 2.97. The number of hydrogen-bond acceptors (Lipinski definition) is 3. The summed E-state index contributed by atoms with van der Waals surface area (Å²) in [6, 6.07) is 3.53. The molecule has 2 rings (SSSR count). The Labute approximate surface area is 118 Å². The summed E-state index contributed by atoms with van der Waals surface area (Å²) in [6.07, 6.45) is 0.369. The van der Waals surface area contributed by atoms with Crippen LogP contribution in [-0.4, -0.2) is 34.0 Å². The molecule has 102 valence electrons. The summed E-state index contributed by atoms with van der Waals surface area (Å²) in [5.41, 5.74) is -1.10. The zero-order chi connectivity index (χ0) is 14.0. The molecule has 2 N–H and O–H groups in total. The minimum absolute atomic E-state index is 0.143. The molecule has 0 aliphatic carbocycles. The van der Waals surface area contributed by atoms with Crippen molar-refractivity contribution in [3.05, 3.63) is 34.6 Å². The lowest BCUT2D eigenvalue weighted by atomic mass is 9.98. The Balaban J connectivity index is 2.20. The number of nitrogens with one attached hydrogen (secondary N) is 1. The molecular weight excluding hydrogens is 293 g/mol. The molecule has 1 aromatic rings. The first-order chi connectivity index (χ1) is 8.94. The number of carbonyl (C=O) groups is 2. The van der Waals surface area contributed by atoms with Crippen LogP contribution < -0.4 is 5.32 Å². The van der Waals surface area contributed by atoms with Crippen molar-refractivity contribution in [3.8, 4) is 0 Å². The highest BCUT2D eigenvalue weighted by Gasteiger charge is 2.43. The molecule has 0 spiro atoms. The second-order valence-corrected chi connectivity index (χ2v) is 5.79. The number of hydrogen-bond donors (Lipinski definition) is 2. The second-order valence-electron chi connectivity index (χ2n) is 4.27. The molecule has 4 nitrogen and oxygen atoms in total. The molecule has 1 aliphatic heterocycles. The highest BCUT2D eigenvalue weighted by Crippen LogP contribution is 2.28. The second kappa shape index (κ2) is 5.38. The fourth-order valence-corrected chi connectivity index (χ4v) is 3.32. The van der Waals surface area contributed by atoms with Gasteiger partial charge in [-0.1, -0.05) is 11.6 Å². The zero-order valence-corrected chi connectivity index (χ0v) is 11.4. The Morgan fingerprint density at radius 1 is 1.47 bits per heavy atom. The topological polar surface area (TPSA) is 66.4 Å². The van der Waals surface area contributed by atoms with E-state index >= 15 is 0 Å². The predicted octanol–water partition coefficient (Wildman–Crippen LogP) is 2.17. The van der Waals surface area contributed by atoms with Crippen LogP contribution in [0.5, 0.6) is 0 Å². The number of thioether (sulfide) groups is 1. The monoisotopic (exact) mass is 303 g/mol. The lowest BCUT2D eigenvalue weighted by Gasteiger charge is -2.24. The van der Waals surface area contributed by atoms with Gasteiger partial charge in [0.05, 0.1) is 5.02 Å². The molecular formula is C12H11ClFNO3S. The quantitative estimate of drug-likeness (QED) is 0.898. The van der Waals surface area contributed by atoms with Crippen LogP contribution >= 0.6 is 23.4 Å². The van der Waals surface area contributed by atoms with Crippen molar-refractivity contribution in [1.29, 1.82) is 0 Å². The van der Waals surface area contributed by atoms with E-state index in [1.54, 1.807) is 0 Å². The Morgan fingerprint density at radius 2 is 2.21 bits per heavy atom. The lowest BCUT2D eigenvalue weighted by molar-refractivity contribution is -0.143. The van der Waals surface area contributed by atoms with Crippen LogP contribution in [0.4, 0.5) is 4.39 Å². The summed E-state index contributed by atoms with van der Waals surface area (Å²) < 4.78 is 13.0. The van der Waals surface area contributed by atoms with Gasteiger partial charge in [-0.15, -0.1) is 0 Å². The van der Waals surface area contributed by atoms with E-state index in [4.69, 9.17) is 11.6 Å². The van der Waals surface area contributed by atoms with E-state index in [0.29, 0.717) is 17.9 Å². The molecule has 0 radical (unpaired) electrons. The number of benzene rings is 1. The Hall–Kier alpha value is -1.27. The summed E-state index contributed by atoms with van der Waals surface area (Å²) in [6.45, 7) is 0. The molecule has 1 heterocycles. The largest absolute Gasteiger partial charge is 0.479 e. The molecule has 1 fully saturated rings. The van der Waals surface area contributed by atoms with Crippen LogP contribution in [0.3, 0.4) is 0 Å². The van der Waals surface area contributed by atoms with E-state index < -0.39 is 23.2 Å². The van der Waals surface area contributed by atoms with Gasteiger partial charge < -0.3 is 10.4 Å². The van der Waals surface area contributed by atoms with Crippen molar-refractivity contribution in [2.45, 2.75) is 12.0 Å². The number of rotatable bonds is 3. The van der Waals surface area contributed by atoms with E-state index in [9.17, 15) is 19.1 Å². The summed E-state index contributed by atoms with van der Waals surface area (Å²) >= 11 is 7.07. The van der Waals surface area contributed by atoms with E-state index in [1.807, 2.05) is 0 Å². The van der Waals surface area contributed by atoms with Crippen LogP contribution in [0.15, 0.2) is 18.2 Å². The van der Waals surface area contributed by atoms with Crippen molar-refractivity contribution < 1.29 is 19.1 Å². The van der Waals surface area contributed by atoms with Crippen LogP contribution in [-0.2, 0) is 4.79 Å². The Bertz CT molecular complexity index is 532. The molecule has 1 aromatic carbocycles. The van der Waals surface area contributed by atoms with Crippen molar-refractivity contribution in [1.82, 2.24) is 5.32 Å². The molecule has 19 heavy (non-hydrogen) atoms. The fourth-order valence-electron chi connectivity index (χ4n) is 1.81. The smallest absolute Gasteiger partial charge is 0.330 e. The van der Waals surface area contributed by atoms with E-state index in [0.717, 1.165) is 6.07 Å². The van der Waals surface area contributed by atoms with Gasteiger partial charge in [-0.05, 0) is 30.4 Å². The standard InChI is InChI=1S/C12H11ClFNO3S/c13-8-5-7(1-2-9(8)14)10(16)15-12(11(17)18)3-4-19-6-12/h1-2,5H,3-4,6H2,(H,15,16)(H,17,18). The van der Waals surface area contributed by atoms with Crippen molar-refractivity contribution in [3.63, 3.8) is 0 Å². The SMILES string of the molecule is O=C(NC1(C(=O)O)CCSC1)c1ccc(F)c(Cl)c1. The third-order valence-corrected chi connectivity index (χ3v) is 4.44. The third kappa shape index (κ3) is 2.84. The van der Waals surface area contributed by atoms with Gasteiger partial charge in [0.15, 0.2) is 0 Å². The molecule has 7 heteroatoms.